The Morgan fingerprint density at radius 1 is 1.21 bits per heavy atom. The summed E-state index contributed by atoms with van der Waals surface area (Å²) in [4.78, 5) is 0. The Bertz CT molecular complexity index is 652. The lowest BCUT2D eigenvalue weighted by Gasteiger charge is -2.10. The molecule has 0 radical (unpaired) electrons. The number of halogens is 3. The molecule has 2 aromatic carbocycles. The van der Waals surface area contributed by atoms with Crippen LogP contribution in [0.15, 0.2) is 36.4 Å². The fourth-order valence-electron chi connectivity index (χ4n) is 1.53. The summed E-state index contributed by atoms with van der Waals surface area (Å²) in [7, 11) is 0. The first kappa shape index (κ1) is 13.7. The Labute approximate surface area is 119 Å². The maximum absolute atomic E-state index is 13.5. The Kier molecular flexibility index (Phi) is 4.26. The van der Waals surface area contributed by atoms with E-state index < -0.39 is 5.82 Å². The molecule has 0 saturated heterocycles. The average molecular weight is 296 g/mol. The fourth-order valence-corrected chi connectivity index (χ4v) is 1.93. The lowest BCUT2D eigenvalue weighted by molar-refractivity contribution is 0.472. The van der Waals surface area contributed by atoms with Crippen molar-refractivity contribution in [2.45, 2.75) is 5.88 Å². The minimum Gasteiger partial charge on any atom is -0.457 e. The second-order valence-electron chi connectivity index (χ2n) is 3.74. The van der Waals surface area contributed by atoms with E-state index in [2.05, 4.69) is 0 Å². The zero-order valence-corrected chi connectivity index (χ0v) is 11.2. The van der Waals surface area contributed by atoms with Gasteiger partial charge in [0.1, 0.15) is 23.4 Å². The predicted molar refractivity (Wildman–Crippen MR) is 72.2 cm³/mol. The summed E-state index contributed by atoms with van der Waals surface area (Å²) in [5, 5.41) is 9.20. The van der Waals surface area contributed by atoms with Gasteiger partial charge in [0.15, 0.2) is 0 Å². The van der Waals surface area contributed by atoms with Crippen molar-refractivity contribution < 1.29 is 9.13 Å². The van der Waals surface area contributed by atoms with Gasteiger partial charge in [0.05, 0.1) is 11.4 Å². The maximum atomic E-state index is 13.5. The van der Waals surface area contributed by atoms with Crippen LogP contribution in [-0.4, -0.2) is 0 Å². The fraction of sp³-hybridized carbons (Fsp3) is 0.0714. The van der Waals surface area contributed by atoms with E-state index in [1.54, 1.807) is 24.3 Å². The number of ether oxygens (including phenoxy) is 1. The Hall–Kier alpha value is -1.76. The molecule has 2 aromatic rings. The van der Waals surface area contributed by atoms with Gasteiger partial charge in [0.2, 0.25) is 0 Å². The highest BCUT2D eigenvalue weighted by Gasteiger charge is 2.08. The minimum atomic E-state index is -0.624. The standard InChI is InChI=1S/C14H8Cl2FNO/c15-7-10-5-11(16)2-4-14(10)19-12-3-1-9(8-18)13(17)6-12/h1-6H,7H2. The van der Waals surface area contributed by atoms with E-state index in [1.807, 2.05) is 0 Å². The zero-order chi connectivity index (χ0) is 13.8. The number of nitriles is 1. The third-order valence-electron chi connectivity index (χ3n) is 2.46. The second-order valence-corrected chi connectivity index (χ2v) is 4.44. The Morgan fingerprint density at radius 2 is 2.00 bits per heavy atom. The van der Waals surface area contributed by atoms with Gasteiger partial charge >= 0.3 is 0 Å². The lowest BCUT2D eigenvalue weighted by Crippen LogP contribution is -1.91. The van der Waals surface area contributed by atoms with Crippen LogP contribution in [0.5, 0.6) is 11.5 Å². The molecule has 0 aliphatic heterocycles. The zero-order valence-electron chi connectivity index (χ0n) is 9.66. The molecule has 0 N–H and O–H groups in total. The van der Waals surface area contributed by atoms with E-state index in [0.717, 1.165) is 6.07 Å². The Balaban J connectivity index is 2.31. The van der Waals surface area contributed by atoms with Crippen molar-refractivity contribution in [2.75, 3.05) is 0 Å². The van der Waals surface area contributed by atoms with E-state index in [-0.39, 0.29) is 11.4 Å². The molecule has 0 bridgehead atoms. The number of hydrogen-bond donors (Lipinski definition) is 0. The molecule has 0 aliphatic carbocycles. The van der Waals surface area contributed by atoms with Gasteiger partial charge < -0.3 is 4.74 Å². The SMILES string of the molecule is N#Cc1ccc(Oc2ccc(Cl)cc2CCl)cc1F. The predicted octanol–water partition coefficient (Wildman–Crippen LogP) is 4.88. The van der Waals surface area contributed by atoms with Crippen LogP contribution in [0.2, 0.25) is 5.02 Å². The molecule has 0 saturated carbocycles. The highest BCUT2D eigenvalue weighted by molar-refractivity contribution is 6.30. The molecule has 2 rings (SSSR count). The van der Waals surface area contributed by atoms with Crippen molar-refractivity contribution in [2.24, 2.45) is 0 Å². The Morgan fingerprint density at radius 3 is 2.63 bits per heavy atom. The van der Waals surface area contributed by atoms with Crippen molar-refractivity contribution in [3.8, 4) is 17.6 Å². The second kappa shape index (κ2) is 5.92. The summed E-state index contributed by atoms with van der Waals surface area (Å²) >= 11 is 11.6. The van der Waals surface area contributed by atoms with E-state index >= 15 is 0 Å². The first-order chi connectivity index (χ1) is 9.13. The first-order valence-corrected chi connectivity index (χ1v) is 6.27. The lowest BCUT2D eigenvalue weighted by atomic mass is 10.2. The van der Waals surface area contributed by atoms with Gasteiger partial charge in [-0.2, -0.15) is 5.26 Å². The smallest absolute Gasteiger partial charge is 0.144 e. The molecule has 0 heterocycles. The van der Waals surface area contributed by atoms with Crippen molar-refractivity contribution in [3.05, 3.63) is 58.4 Å². The normalized spacial score (nSPS) is 10.0. The van der Waals surface area contributed by atoms with Gasteiger partial charge in [-0.3, -0.25) is 0 Å². The molecule has 2 nitrogen and oxygen atoms in total. The highest BCUT2D eigenvalue weighted by Crippen LogP contribution is 2.29. The van der Waals surface area contributed by atoms with E-state index in [9.17, 15) is 4.39 Å². The van der Waals surface area contributed by atoms with E-state index in [1.165, 1.54) is 12.1 Å². The number of nitrogens with zero attached hydrogens (tertiary/aromatic N) is 1. The molecule has 0 aromatic heterocycles. The van der Waals surface area contributed by atoms with E-state index in [4.69, 9.17) is 33.2 Å². The van der Waals surface area contributed by atoms with E-state index in [0.29, 0.717) is 22.1 Å². The van der Waals surface area contributed by atoms with Crippen LogP contribution in [0.1, 0.15) is 11.1 Å². The van der Waals surface area contributed by atoms with Crippen LogP contribution in [0.4, 0.5) is 4.39 Å². The van der Waals surface area contributed by atoms with Crippen LogP contribution in [0, 0.1) is 17.1 Å². The summed E-state index contributed by atoms with van der Waals surface area (Å²) in [5.74, 6) is 0.407. The average Bonchev–Trinajstić information content (AvgIpc) is 2.41. The van der Waals surface area contributed by atoms with Crippen molar-refractivity contribution >= 4 is 23.2 Å². The largest absolute Gasteiger partial charge is 0.457 e. The van der Waals surface area contributed by atoms with Gasteiger partial charge in [-0.1, -0.05) is 11.6 Å². The molecule has 0 atom stereocenters. The summed E-state index contributed by atoms with van der Waals surface area (Å²) in [6.45, 7) is 0. The molecule has 96 valence electrons. The molecule has 0 spiro atoms. The minimum absolute atomic E-state index is 0.0268. The van der Waals surface area contributed by atoms with Gasteiger partial charge in [-0.05, 0) is 30.3 Å². The molecule has 5 heteroatoms. The monoisotopic (exact) mass is 295 g/mol. The molecule has 0 unspecified atom stereocenters. The quantitative estimate of drug-likeness (QED) is 0.756. The number of hydrogen-bond acceptors (Lipinski definition) is 2. The van der Waals surface area contributed by atoms with Crippen LogP contribution >= 0.6 is 23.2 Å². The van der Waals surface area contributed by atoms with Crippen LogP contribution in [0.3, 0.4) is 0 Å². The molecule has 0 amide bonds. The van der Waals surface area contributed by atoms with Gasteiger partial charge in [-0.25, -0.2) is 4.39 Å². The van der Waals surface area contributed by atoms with Crippen LogP contribution < -0.4 is 4.74 Å². The molecule has 19 heavy (non-hydrogen) atoms. The topological polar surface area (TPSA) is 33.0 Å². The number of alkyl halides is 1. The summed E-state index contributed by atoms with van der Waals surface area (Å²) in [6.07, 6.45) is 0. The van der Waals surface area contributed by atoms with Crippen LogP contribution in [0.25, 0.3) is 0 Å². The third kappa shape index (κ3) is 3.17. The number of benzene rings is 2. The van der Waals surface area contributed by atoms with Gasteiger partial charge in [-0.15, -0.1) is 11.6 Å². The van der Waals surface area contributed by atoms with Gasteiger partial charge in [0.25, 0.3) is 0 Å². The third-order valence-corrected chi connectivity index (χ3v) is 2.98. The first-order valence-electron chi connectivity index (χ1n) is 5.36. The van der Waals surface area contributed by atoms with Crippen molar-refractivity contribution in [1.82, 2.24) is 0 Å². The highest BCUT2D eigenvalue weighted by atomic mass is 35.5. The maximum Gasteiger partial charge on any atom is 0.144 e. The van der Waals surface area contributed by atoms with Crippen molar-refractivity contribution in [3.63, 3.8) is 0 Å². The molecular weight excluding hydrogens is 288 g/mol. The van der Waals surface area contributed by atoms with Crippen LogP contribution in [-0.2, 0) is 5.88 Å². The van der Waals surface area contributed by atoms with Gasteiger partial charge in [0, 0.05) is 16.7 Å². The molecule has 0 fully saturated rings. The molecular formula is C14H8Cl2FNO. The summed E-state index contributed by atoms with van der Waals surface area (Å²) in [6, 6.07) is 10.8. The van der Waals surface area contributed by atoms with Crippen molar-refractivity contribution in [1.29, 1.82) is 5.26 Å². The summed E-state index contributed by atoms with van der Waals surface area (Å²) < 4.78 is 19.0. The number of rotatable bonds is 3. The summed E-state index contributed by atoms with van der Waals surface area (Å²) in [5.41, 5.74) is 0.681. The molecule has 0 aliphatic rings.